The van der Waals surface area contributed by atoms with Crippen LogP contribution in [-0.4, -0.2) is 57.8 Å². The van der Waals surface area contributed by atoms with Crippen LogP contribution in [0.3, 0.4) is 0 Å². The summed E-state index contributed by atoms with van der Waals surface area (Å²) in [6.07, 6.45) is 2.84. The molecule has 3 heterocycles. The lowest BCUT2D eigenvalue weighted by molar-refractivity contribution is -0.134. The largest absolute Gasteiger partial charge is 0.339 e. The standard InChI is InChI=1S/C19H24N4O2S/c1-4-14-20-12(3)15-11(2)16(26-17(15)21-14)19(25)23-9-7-22(8-10-23)18(24)13-5-6-13/h13H,4-10H2,1-3H3. The highest BCUT2D eigenvalue weighted by Crippen LogP contribution is 2.33. The van der Waals surface area contributed by atoms with E-state index in [1.165, 1.54) is 11.3 Å². The van der Waals surface area contributed by atoms with Gasteiger partial charge < -0.3 is 9.80 Å². The smallest absolute Gasteiger partial charge is 0.264 e. The fourth-order valence-corrected chi connectivity index (χ4v) is 4.84. The first-order chi connectivity index (χ1) is 12.5. The number of aryl methyl sites for hydroxylation is 3. The van der Waals surface area contributed by atoms with Crippen LogP contribution in [0.1, 0.15) is 46.5 Å². The topological polar surface area (TPSA) is 66.4 Å². The lowest BCUT2D eigenvalue weighted by Crippen LogP contribution is -2.51. The Bertz CT molecular complexity index is 879. The fraction of sp³-hybridized carbons (Fsp3) is 0.579. The van der Waals surface area contributed by atoms with E-state index in [1.807, 2.05) is 30.6 Å². The van der Waals surface area contributed by atoms with E-state index in [1.54, 1.807) is 0 Å². The average Bonchev–Trinajstić information content (AvgIpc) is 3.44. The van der Waals surface area contributed by atoms with E-state index in [4.69, 9.17) is 0 Å². The highest BCUT2D eigenvalue weighted by Gasteiger charge is 2.35. The summed E-state index contributed by atoms with van der Waals surface area (Å²) in [6, 6.07) is 0. The molecule has 0 bridgehead atoms. The van der Waals surface area contributed by atoms with Gasteiger partial charge in [0.1, 0.15) is 10.7 Å². The van der Waals surface area contributed by atoms with Gasteiger partial charge in [-0.2, -0.15) is 0 Å². The summed E-state index contributed by atoms with van der Waals surface area (Å²) in [5, 5.41) is 1.01. The summed E-state index contributed by atoms with van der Waals surface area (Å²) in [7, 11) is 0. The zero-order valence-electron chi connectivity index (χ0n) is 15.5. The lowest BCUT2D eigenvalue weighted by atomic mass is 10.1. The van der Waals surface area contributed by atoms with Gasteiger partial charge in [-0.15, -0.1) is 11.3 Å². The van der Waals surface area contributed by atoms with Gasteiger partial charge in [0.25, 0.3) is 5.91 Å². The molecule has 6 nitrogen and oxygen atoms in total. The first-order valence-corrected chi connectivity index (χ1v) is 10.2. The quantitative estimate of drug-likeness (QED) is 0.830. The summed E-state index contributed by atoms with van der Waals surface area (Å²) < 4.78 is 0. The molecule has 2 aromatic rings. The molecule has 7 heteroatoms. The second kappa shape index (κ2) is 6.61. The number of carbonyl (C=O) groups is 2. The molecule has 0 aromatic carbocycles. The number of rotatable bonds is 3. The van der Waals surface area contributed by atoms with E-state index in [9.17, 15) is 9.59 Å². The summed E-state index contributed by atoms with van der Waals surface area (Å²) in [6.45, 7) is 8.51. The first kappa shape index (κ1) is 17.4. The SMILES string of the molecule is CCc1nc(C)c2c(C)c(C(=O)N3CCN(C(=O)C4CC4)CC3)sc2n1. The van der Waals surface area contributed by atoms with E-state index in [-0.39, 0.29) is 17.7 Å². The van der Waals surface area contributed by atoms with Crippen LogP contribution in [0.25, 0.3) is 10.2 Å². The molecule has 1 aliphatic carbocycles. The molecule has 0 N–H and O–H groups in total. The van der Waals surface area contributed by atoms with E-state index in [0.29, 0.717) is 26.2 Å². The summed E-state index contributed by atoms with van der Waals surface area (Å²) in [4.78, 5) is 39.9. The third kappa shape index (κ3) is 2.98. The molecule has 2 aliphatic rings. The zero-order chi connectivity index (χ0) is 18.4. The maximum Gasteiger partial charge on any atom is 0.264 e. The second-order valence-corrected chi connectivity index (χ2v) is 8.21. The number of aromatic nitrogens is 2. The van der Waals surface area contributed by atoms with Crippen LogP contribution in [-0.2, 0) is 11.2 Å². The van der Waals surface area contributed by atoms with Crippen LogP contribution in [0.2, 0.25) is 0 Å². The number of thiophene rings is 1. The maximum atomic E-state index is 13.1. The third-order valence-electron chi connectivity index (χ3n) is 5.33. The van der Waals surface area contributed by atoms with E-state index < -0.39 is 0 Å². The van der Waals surface area contributed by atoms with Crippen LogP contribution >= 0.6 is 11.3 Å². The molecule has 138 valence electrons. The predicted molar refractivity (Wildman–Crippen MR) is 101 cm³/mol. The Morgan fingerprint density at radius 3 is 2.35 bits per heavy atom. The van der Waals surface area contributed by atoms with Crippen LogP contribution in [0.15, 0.2) is 0 Å². The fourth-order valence-electron chi connectivity index (χ4n) is 3.62. The normalized spacial score (nSPS) is 17.8. The number of hydrogen-bond donors (Lipinski definition) is 0. The van der Waals surface area contributed by atoms with Gasteiger partial charge in [-0.1, -0.05) is 6.92 Å². The van der Waals surface area contributed by atoms with Gasteiger partial charge in [-0.3, -0.25) is 9.59 Å². The molecule has 2 fully saturated rings. The van der Waals surface area contributed by atoms with Gasteiger partial charge >= 0.3 is 0 Å². The number of carbonyl (C=O) groups excluding carboxylic acids is 2. The predicted octanol–water partition coefficient (Wildman–Crippen LogP) is 2.56. The monoisotopic (exact) mass is 372 g/mol. The molecule has 26 heavy (non-hydrogen) atoms. The van der Waals surface area contributed by atoms with Crippen molar-refractivity contribution in [1.82, 2.24) is 19.8 Å². The highest BCUT2D eigenvalue weighted by atomic mass is 32.1. The number of amides is 2. The van der Waals surface area contributed by atoms with Gasteiger partial charge in [-0.25, -0.2) is 9.97 Å². The third-order valence-corrected chi connectivity index (χ3v) is 6.51. The Hall–Kier alpha value is -2.02. The van der Waals surface area contributed by atoms with Crippen LogP contribution in [0.4, 0.5) is 0 Å². The Morgan fingerprint density at radius 1 is 1.08 bits per heavy atom. The van der Waals surface area contributed by atoms with Crippen LogP contribution < -0.4 is 0 Å². The Labute approximate surface area is 157 Å². The van der Waals surface area contributed by atoms with Crippen molar-refractivity contribution in [2.24, 2.45) is 5.92 Å². The van der Waals surface area contributed by atoms with Crippen molar-refractivity contribution in [3.63, 3.8) is 0 Å². The molecule has 0 unspecified atom stereocenters. The van der Waals surface area contributed by atoms with Gasteiger partial charge in [0.2, 0.25) is 5.91 Å². The lowest BCUT2D eigenvalue weighted by Gasteiger charge is -2.34. The summed E-state index contributed by atoms with van der Waals surface area (Å²) in [5.74, 6) is 1.40. The van der Waals surface area contributed by atoms with Crippen molar-refractivity contribution < 1.29 is 9.59 Å². The van der Waals surface area contributed by atoms with E-state index in [2.05, 4.69) is 9.97 Å². The van der Waals surface area contributed by atoms with Crippen molar-refractivity contribution in [2.75, 3.05) is 26.2 Å². The van der Waals surface area contributed by atoms with Gasteiger partial charge in [0.05, 0.1) is 4.88 Å². The molecule has 1 aliphatic heterocycles. The number of hydrogen-bond acceptors (Lipinski definition) is 5. The van der Waals surface area contributed by atoms with Gasteiger partial charge in [0.15, 0.2) is 0 Å². The van der Waals surface area contributed by atoms with Gasteiger partial charge in [-0.05, 0) is 32.3 Å². The van der Waals surface area contributed by atoms with Crippen molar-refractivity contribution >= 4 is 33.4 Å². The summed E-state index contributed by atoms with van der Waals surface area (Å²) in [5.41, 5.74) is 1.92. The molecule has 1 saturated heterocycles. The summed E-state index contributed by atoms with van der Waals surface area (Å²) >= 11 is 1.47. The molecular weight excluding hydrogens is 348 g/mol. The minimum Gasteiger partial charge on any atom is -0.339 e. The van der Waals surface area contributed by atoms with E-state index in [0.717, 1.165) is 51.4 Å². The molecule has 4 rings (SSSR count). The van der Waals surface area contributed by atoms with Crippen molar-refractivity contribution in [3.05, 3.63) is 22.0 Å². The van der Waals surface area contributed by atoms with Crippen molar-refractivity contribution in [2.45, 2.75) is 40.0 Å². The van der Waals surface area contributed by atoms with Crippen molar-refractivity contribution in [3.8, 4) is 0 Å². The minimum absolute atomic E-state index is 0.0569. The Morgan fingerprint density at radius 2 is 1.73 bits per heavy atom. The number of fused-ring (bicyclic) bond motifs is 1. The Kier molecular flexibility index (Phi) is 4.42. The molecule has 0 spiro atoms. The second-order valence-electron chi connectivity index (χ2n) is 7.21. The van der Waals surface area contributed by atoms with Crippen LogP contribution in [0, 0.1) is 19.8 Å². The average molecular weight is 372 g/mol. The Balaban J connectivity index is 1.54. The van der Waals surface area contributed by atoms with Gasteiger partial charge in [0, 0.05) is 49.6 Å². The highest BCUT2D eigenvalue weighted by molar-refractivity contribution is 7.20. The molecular formula is C19H24N4O2S. The number of piperazine rings is 1. The minimum atomic E-state index is 0.0569. The molecule has 0 atom stereocenters. The zero-order valence-corrected chi connectivity index (χ0v) is 16.4. The van der Waals surface area contributed by atoms with Crippen molar-refractivity contribution in [1.29, 1.82) is 0 Å². The molecule has 0 radical (unpaired) electrons. The molecule has 2 aromatic heterocycles. The van der Waals surface area contributed by atoms with Crippen LogP contribution in [0.5, 0.6) is 0 Å². The number of nitrogens with zero attached hydrogens (tertiary/aromatic N) is 4. The maximum absolute atomic E-state index is 13.1. The molecule has 1 saturated carbocycles. The first-order valence-electron chi connectivity index (χ1n) is 9.34. The molecule has 2 amide bonds. The van der Waals surface area contributed by atoms with E-state index >= 15 is 0 Å².